The molecule has 9 heteroatoms. The van der Waals surface area contributed by atoms with Gasteiger partial charge < -0.3 is 9.55 Å². The molecule has 0 fully saturated rings. The second kappa shape index (κ2) is 5.59. The Kier molecular flexibility index (Phi) is 3.50. The van der Waals surface area contributed by atoms with Gasteiger partial charge in [0, 0.05) is 46.9 Å². The zero-order chi connectivity index (χ0) is 17.6. The Balaban J connectivity index is 1.90. The molecule has 0 radical (unpaired) electrons. The van der Waals surface area contributed by atoms with Gasteiger partial charge in [-0.15, -0.1) is 0 Å². The maximum Gasteiger partial charge on any atom is 0.419 e. The van der Waals surface area contributed by atoms with Gasteiger partial charge in [-0.1, -0.05) is 6.07 Å². The number of benzene rings is 1. The molecule has 3 aromatic heterocycles. The first-order chi connectivity index (χ1) is 11.9. The average Bonchev–Trinajstić information content (AvgIpc) is 3.22. The van der Waals surface area contributed by atoms with Crippen molar-refractivity contribution >= 4 is 22.5 Å². The van der Waals surface area contributed by atoms with Gasteiger partial charge in [0.15, 0.2) is 0 Å². The van der Waals surface area contributed by atoms with Gasteiger partial charge in [-0.3, -0.25) is 0 Å². The van der Waals surface area contributed by atoms with E-state index in [-0.39, 0.29) is 11.0 Å². The Labute approximate surface area is 144 Å². The minimum absolute atomic E-state index is 0.243. The monoisotopic (exact) mass is 363 g/mol. The molecule has 4 aromatic rings. The number of halogens is 4. The number of aromatic amines is 1. The van der Waals surface area contributed by atoms with Crippen molar-refractivity contribution < 1.29 is 13.2 Å². The molecule has 0 aliphatic rings. The number of hydrogen-bond donors (Lipinski definition) is 1. The standard InChI is InChI=1S/C16H9ClF3N5/c17-15-23-7-12(16(18,19)20)14(24-15)11-6-22-13-5-9(1-2-10(11)13)25-4-3-21-8-25/h1-8,22H. The van der Waals surface area contributed by atoms with Gasteiger partial charge in [-0.05, 0) is 23.7 Å². The topological polar surface area (TPSA) is 59.4 Å². The van der Waals surface area contributed by atoms with Crippen LogP contribution in [-0.2, 0) is 6.18 Å². The number of imidazole rings is 1. The molecule has 1 N–H and O–H groups in total. The van der Waals surface area contributed by atoms with E-state index in [1.54, 1.807) is 35.4 Å². The maximum absolute atomic E-state index is 13.3. The van der Waals surface area contributed by atoms with Gasteiger partial charge in [0.2, 0.25) is 5.28 Å². The summed E-state index contributed by atoms with van der Waals surface area (Å²) in [7, 11) is 0. The highest BCUT2D eigenvalue weighted by atomic mass is 35.5. The second-order valence-electron chi connectivity index (χ2n) is 5.30. The fourth-order valence-corrected chi connectivity index (χ4v) is 2.79. The van der Waals surface area contributed by atoms with Crippen LogP contribution in [0.5, 0.6) is 0 Å². The van der Waals surface area contributed by atoms with E-state index in [1.165, 1.54) is 6.20 Å². The smallest absolute Gasteiger partial charge is 0.360 e. The summed E-state index contributed by atoms with van der Waals surface area (Å²) in [5.74, 6) is 0. The Morgan fingerprint density at radius 1 is 1.20 bits per heavy atom. The van der Waals surface area contributed by atoms with Crippen LogP contribution in [0, 0.1) is 0 Å². The van der Waals surface area contributed by atoms with Crippen LogP contribution in [0.15, 0.2) is 49.3 Å². The molecule has 0 aliphatic heterocycles. The number of nitrogens with zero attached hydrogens (tertiary/aromatic N) is 4. The molecular weight excluding hydrogens is 355 g/mol. The van der Waals surface area contributed by atoms with Crippen molar-refractivity contribution in [2.45, 2.75) is 6.18 Å². The van der Waals surface area contributed by atoms with E-state index in [4.69, 9.17) is 11.6 Å². The van der Waals surface area contributed by atoms with Crippen LogP contribution in [0.2, 0.25) is 5.28 Å². The van der Waals surface area contributed by atoms with Crippen LogP contribution in [0.3, 0.4) is 0 Å². The first-order valence-corrected chi connectivity index (χ1v) is 7.51. The summed E-state index contributed by atoms with van der Waals surface area (Å²) in [5, 5.41) is 0.358. The van der Waals surface area contributed by atoms with E-state index in [9.17, 15) is 13.2 Å². The number of aromatic nitrogens is 5. The highest BCUT2D eigenvalue weighted by molar-refractivity contribution is 6.28. The zero-order valence-corrected chi connectivity index (χ0v) is 13.2. The van der Waals surface area contributed by atoms with E-state index in [1.807, 2.05) is 6.07 Å². The molecule has 5 nitrogen and oxygen atoms in total. The molecule has 1 aromatic carbocycles. The molecule has 0 bridgehead atoms. The predicted octanol–water partition coefficient (Wildman–Crippen LogP) is 4.48. The van der Waals surface area contributed by atoms with E-state index in [2.05, 4.69) is 19.9 Å². The molecule has 25 heavy (non-hydrogen) atoms. The summed E-state index contributed by atoms with van der Waals surface area (Å²) in [4.78, 5) is 14.2. The molecular formula is C16H9ClF3N5. The molecule has 0 atom stereocenters. The van der Waals surface area contributed by atoms with Gasteiger partial charge in [0.25, 0.3) is 0 Å². The lowest BCUT2D eigenvalue weighted by atomic mass is 10.1. The summed E-state index contributed by atoms with van der Waals surface area (Å²) in [6.07, 6.45) is 2.65. The minimum Gasteiger partial charge on any atom is -0.360 e. The number of alkyl halides is 3. The summed E-state index contributed by atoms with van der Waals surface area (Å²) in [6, 6.07) is 5.33. The second-order valence-corrected chi connectivity index (χ2v) is 5.64. The van der Waals surface area contributed by atoms with Crippen molar-refractivity contribution in [2.75, 3.05) is 0 Å². The first-order valence-electron chi connectivity index (χ1n) is 7.13. The van der Waals surface area contributed by atoms with Gasteiger partial charge in [0.1, 0.15) is 5.56 Å². The Morgan fingerprint density at radius 2 is 2.04 bits per heavy atom. The summed E-state index contributed by atoms with van der Waals surface area (Å²) >= 11 is 5.72. The predicted molar refractivity (Wildman–Crippen MR) is 86.5 cm³/mol. The lowest BCUT2D eigenvalue weighted by Gasteiger charge is -2.11. The number of fused-ring (bicyclic) bond motifs is 1. The van der Waals surface area contributed by atoms with Gasteiger partial charge in [-0.2, -0.15) is 13.2 Å². The van der Waals surface area contributed by atoms with Crippen LogP contribution < -0.4 is 0 Å². The van der Waals surface area contributed by atoms with E-state index in [0.29, 0.717) is 22.7 Å². The number of rotatable bonds is 2. The minimum atomic E-state index is -4.58. The van der Waals surface area contributed by atoms with Crippen molar-refractivity contribution in [3.05, 3.63) is 60.2 Å². The average molecular weight is 364 g/mol. The maximum atomic E-state index is 13.3. The molecule has 0 unspecified atom stereocenters. The molecule has 0 amide bonds. The zero-order valence-electron chi connectivity index (χ0n) is 12.4. The first kappa shape index (κ1) is 15.6. The van der Waals surface area contributed by atoms with Gasteiger partial charge in [-0.25, -0.2) is 15.0 Å². The Hall–Kier alpha value is -2.87. The largest absolute Gasteiger partial charge is 0.419 e. The third-order valence-corrected chi connectivity index (χ3v) is 3.97. The molecule has 0 spiro atoms. The molecule has 126 valence electrons. The molecule has 0 saturated heterocycles. The highest BCUT2D eigenvalue weighted by Crippen LogP contribution is 2.38. The van der Waals surface area contributed by atoms with Crippen LogP contribution in [0.4, 0.5) is 13.2 Å². The summed E-state index contributed by atoms with van der Waals surface area (Å²) in [5.41, 5.74) is 0.619. The lowest BCUT2D eigenvalue weighted by molar-refractivity contribution is -0.137. The molecule has 4 rings (SSSR count). The van der Waals surface area contributed by atoms with E-state index in [0.717, 1.165) is 5.69 Å². The van der Waals surface area contributed by atoms with Crippen LogP contribution in [0.25, 0.3) is 27.8 Å². The number of H-pyrrole nitrogens is 1. The number of nitrogens with one attached hydrogen (secondary N) is 1. The fourth-order valence-electron chi connectivity index (χ4n) is 2.66. The highest BCUT2D eigenvalue weighted by Gasteiger charge is 2.36. The van der Waals surface area contributed by atoms with Crippen molar-refractivity contribution in [1.82, 2.24) is 24.5 Å². The van der Waals surface area contributed by atoms with Crippen molar-refractivity contribution in [3.8, 4) is 16.9 Å². The van der Waals surface area contributed by atoms with Gasteiger partial charge >= 0.3 is 6.18 Å². The third-order valence-electron chi connectivity index (χ3n) is 3.79. The fraction of sp³-hybridized carbons (Fsp3) is 0.0625. The van der Waals surface area contributed by atoms with E-state index >= 15 is 0 Å². The molecule has 0 aliphatic carbocycles. The summed E-state index contributed by atoms with van der Waals surface area (Å²) < 4.78 is 41.6. The van der Waals surface area contributed by atoms with E-state index < -0.39 is 11.7 Å². The summed E-state index contributed by atoms with van der Waals surface area (Å²) in [6.45, 7) is 0. The normalized spacial score (nSPS) is 12.0. The third kappa shape index (κ3) is 2.74. The number of hydrogen-bond acceptors (Lipinski definition) is 3. The molecule has 0 saturated carbocycles. The van der Waals surface area contributed by atoms with Crippen LogP contribution >= 0.6 is 11.6 Å². The van der Waals surface area contributed by atoms with Crippen LogP contribution in [0.1, 0.15) is 5.56 Å². The van der Waals surface area contributed by atoms with Crippen molar-refractivity contribution in [1.29, 1.82) is 0 Å². The molecule has 3 heterocycles. The quantitative estimate of drug-likeness (QED) is 0.534. The SMILES string of the molecule is FC(F)(F)c1cnc(Cl)nc1-c1c[nH]c2cc(-n3ccnc3)ccc12. The van der Waals surface area contributed by atoms with Gasteiger partial charge in [0.05, 0.1) is 12.0 Å². The lowest BCUT2D eigenvalue weighted by Crippen LogP contribution is -2.09. The van der Waals surface area contributed by atoms with Crippen molar-refractivity contribution in [2.24, 2.45) is 0 Å². The Morgan fingerprint density at radius 3 is 2.76 bits per heavy atom. The van der Waals surface area contributed by atoms with Crippen LogP contribution in [-0.4, -0.2) is 24.5 Å². The van der Waals surface area contributed by atoms with Crippen molar-refractivity contribution in [3.63, 3.8) is 0 Å². The Bertz CT molecular complexity index is 1050.